The highest BCUT2D eigenvalue weighted by Gasteiger charge is 2.26. The van der Waals surface area contributed by atoms with Crippen LogP contribution in [0.3, 0.4) is 0 Å². The topological polar surface area (TPSA) is 134 Å². The van der Waals surface area contributed by atoms with E-state index in [1.807, 2.05) is 0 Å². The Balaban J connectivity index is 3.70. The number of nitrogens with two attached hydrogens (primary N) is 1. The van der Waals surface area contributed by atoms with Crippen molar-refractivity contribution in [1.29, 1.82) is 0 Å². The summed E-state index contributed by atoms with van der Waals surface area (Å²) in [5.74, 6) is -0.793. The molecule has 0 aromatic rings. The van der Waals surface area contributed by atoms with Gasteiger partial charge in [0, 0.05) is 19.4 Å². The van der Waals surface area contributed by atoms with Gasteiger partial charge in [0.25, 0.3) is 0 Å². The molecule has 0 aliphatic rings. The maximum atomic E-state index is 12.8. The summed E-state index contributed by atoms with van der Waals surface area (Å²) < 4.78 is 33.3. The number of carbonyl (C=O) groups is 2. The maximum absolute atomic E-state index is 12.8. The standard InChI is InChI=1S/C82H164NO8P/c1-3-5-7-9-11-13-15-17-19-21-23-25-27-29-31-33-35-37-39-41-43-45-47-49-51-53-55-57-59-61-63-65-67-69-71-73-75-82(85)91-80(79-90-92(86,87)89-77-76-83)78-88-81(84)74-72-70-68-66-64-62-60-58-56-54-52-50-48-46-44-42-40-38-36-34-32-30-28-26-24-22-20-18-16-14-12-10-8-6-4-2/h80H,3-79,83H2,1-2H3,(H,86,87). The largest absolute Gasteiger partial charge is 0.472 e. The van der Waals surface area contributed by atoms with Gasteiger partial charge in [-0.05, 0) is 12.8 Å². The highest BCUT2D eigenvalue weighted by atomic mass is 31.2. The molecule has 10 heteroatoms. The maximum Gasteiger partial charge on any atom is 0.472 e. The molecule has 0 saturated heterocycles. The van der Waals surface area contributed by atoms with E-state index >= 15 is 0 Å². The van der Waals surface area contributed by atoms with Crippen molar-refractivity contribution in [3.05, 3.63) is 0 Å². The number of hydrogen-bond acceptors (Lipinski definition) is 8. The van der Waals surface area contributed by atoms with Crippen molar-refractivity contribution in [3.63, 3.8) is 0 Å². The number of esters is 2. The molecule has 550 valence electrons. The Labute approximate surface area is 575 Å². The number of hydrogen-bond donors (Lipinski definition) is 2. The van der Waals surface area contributed by atoms with Crippen LogP contribution in [0.15, 0.2) is 0 Å². The summed E-state index contributed by atoms with van der Waals surface area (Å²) >= 11 is 0. The van der Waals surface area contributed by atoms with E-state index in [1.54, 1.807) is 0 Å². The van der Waals surface area contributed by atoms with Gasteiger partial charge in [0.05, 0.1) is 13.2 Å². The van der Waals surface area contributed by atoms with Crippen molar-refractivity contribution in [2.45, 2.75) is 489 Å². The third-order valence-corrected chi connectivity index (χ3v) is 20.7. The minimum absolute atomic E-state index is 0.0590. The summed E-state index contributed by atoms with van der Waals surface area (Å²) in [6.07, 6.45) is 97.1. The minimum Gasteiger partial charge on any atom is -0.462 e. The van der Waals surface area contributed by atoms with Gasteiger partial charge in [-0.2, -0.15) is 0 Å². The van der Waals surface area contributed by atoms with Gasteiger partial charge in [-0.25, -0.2) is 4.57 Å². The van der Waals surface area contributed by atoms with Gasteiger partial charge in [-0.15, -0.1) is 0 Å². The van der Waals surface area contributed by atoms with Crippen LogP contribution in [-0.4, -0.2) is 49.3 Å². The predicted molar refractivity (Wildman–Crippen MR) is 400 cm³/mol. The van der Waals surface area contributed by atoms with E-state index in [0.717, 1.165) is 32.1 Å². The summed E-state index contributed by atoms with van der Waals surface area (Å²) in [6.45, 7) is 3.86. The van der Waals surface area contributed by atoms with Crippen LogP contribution in [0.4, 0.5) is 0 Å². The number of phosphoric acid groups is 1. The number of ether oxygens (including phenoxy) is 2. The van der Waals surface area contributed by atoms with Gasteiger partial charge >= 0.3 is 19.8 Å². The monoisotopic (exact) mass is 1320 g/mol. The first-order valence-corrected chi connectivity index (χ1v) is 43.5. The van der Waals surface area contributed by atoms with Crippen LogP contribution < -0.4 is 5.73 Å². The second-order valence-electron chi connectivity index (χ2n) is 29.1. The van der Waals surface area contributed by atoms with Crippen LogP contribution >= 0.6 is 7.82 Å². The Bertz CT molecular complexity index is 1470. The first-order valence-electron chi connectivity index (χ1n) is 42.0. The fourth-order valence-electron chi connectivity index (χ4n) is 13.5. The quantitative estimate of drug-likeness (QED) is 0.0347. The fraction of sp³-hybridized carbons (Fsp3) is 0.976. The predicted octanol–water partition coefficient (Wildman–Crippen LogP) is 28.1. The summed E-state index contributed by atoms with van der Waals surface area (Å²) in [5.41, 5.74) is 5.42. The first-order chi connectivity index (χ1) is 45.3. The Morgan fingerprint density at radius 1 is 0.283 bits per heavy atom. The molecule has 0 saturated carbocycles. The minimum atomic E-state index is -4.39. The van der Waals surface area contributed by atoms with E-state index in [1.165, 1.54) is 417 Å². The SMILES string of the molecule is CCCCCCCCCCCCCCCCCCCCCCCCCCCCCCCCCCCCCCC(=O)OC(COC(=O)CCCCCCCCCCCCCCCCCCCCCCCCCCCCCCCCCCCCC)COP(=O)(O)OCCN. The van der Waals surface area contributed by atoms with Crippen LogP contribution in [0.5, 0.6) is 0 Å². The van der Waals surface area contributed by atoms with Gasteiger partial charge < -0.3 is 20.1 Å². The lowest BCUT2D eigenvalue weighted by Crippen LogP contribution is -2.29. The molecule has 0 rings (SSSR count). The molecule has 0 fully saturated rings. The van der Waals surface area contributed by atoms with E-state index in [0.29, 0.717) is 12.8 Å². The van der Waals surface area contributed by atoms with E-state index in [4.69, 9.17) is 24.3 Å². The molecule has 0 aliphatic heterocycles. The van der Waals surface area contributed by atoms with Gasteiger partial charge in [0.1, 0.15) is 6.61 Å². The molecule has 9 nitrogen and oxygen atoms in total. The third kappa shape index (κ3) is 78.0. The molecule has 2 unspecified atom stereocenters. The molecular formula is C82H164NO8P. The van der Waals surface area contributed by atoms with Crippen molar-refractivity contribution in [2.24, 2.45) is 5.73 Å². The lowest BCUT2D eigenvalue weighted by atomic mass is 10.0. The van der Waals surface area contributed by atoms with E-state index in [9.17, 15) is 19.0 Å². The van der Waals surface area contributed by atoms with Crippen LogP contribution in [-0.2, 0) is 32.7 Å². The Morgan fingerprint density at radius 3 is 0.663 bits per heavy atom. The zero-order valence-electron chi connectivity index (χ0n) is 62.4. The number of carbonyl (C=O) groups excluding carboxylic acids is 2. The molecule has 0 radical (unpaired) electrons. The zero-order valence-corrected chi connectivity index (χ0v) is 63.2. The molecular weight excluding hydrogens is 1160 g/mol. The van der Waals surface area contributed by atoms with E-state index < -0.39 is 26.5 Å². The molecule has 0 bridgehead atoms. The van der Waals surface area contributed by atoms with Crippen molar-refractivity contribution < 1.29 is 37.6 Å². The molecule has 0 heterocycles. The molecule has 0 aliphatic carbocycles. The first kappa shape index (κ1) is 91.0. The average molecular weight is 1320 g/mol. The molecule has 0 aromatic heterocycles. The lowest BCUT2D eigenvalue weighted by molar-refractivity contribution is -0.161. The Kier molecular flexibility index (Phi) is 78.2. The van der Waals surface area contributed by atoms with Gasteiger partial charge in [0.2, 0.25) is 0 Å². The highest BCUT2D eigenvalue weighted by molar-refractivity contribution is 7.47. The van der Waals surface area contributed by atoms with Gasteiger partial charge in [-0.3, -0.25) is 18.6 Å². The molecule has 0 spiro atoms. The summed E-state index contributed by atoms with van der Waals surface area (Å²) in [5, 5.41) is 0. The Hall–Kier alpha value is -0.990. The number of unbranched alkanes of at least 4 members (excludes halogenated alkanes) is 69. The number of phosphoric ester groups is 1. The average Bonchev–Trinajstić information content (AvgIpc) is 2.93. The molecule has 0 amide bonds. The van der Waals surface area contributed by atoms with E-state index in [2.05, 4.69) is 13.8 Å². The van der Waals surface area contributed by atoms with Gasteiger partial charge in [-0.1, -0.05) is 457 Å². The van der Waals surface area contributed by atoms with Crippen molar-refractivity contribution >= 4 is 19.8 Å². The molecule has 92 heavy (non-hydrogen) atoms. The van der Waals surface area contributed by atoms with Crippen molar-refractivity contribution in [3.8, 4) is 0 Å². The van der Waals surface area contributed by atoms with Gasteiger partial charge in [0.15, 0.2) is 6.10 Å². The molecule has 2 atom stereocenters. The van der Waals surface area contributed by atoms with Crippen LogP contribution in [0.1, 0.15) is 483 Å². The fourth-order valence-corrected chi connectivity index (χ4v) is 14.3. The second kappa shape index (κ2) is 79.0. The number of rotatable bonds is 82. The highest BCUT2D eigenvalue weighted by Crippen LogP contribution is 2.43. The van der Waals surface area contributed by atoms with Crippen molar-refractivity contribution in [2.75, 3.05) is 26.4 Å². The normalized spacial score (nSPS) is 12.7. The van der Waals surface area contributed by atoms with Crippen molar-refractivity contribution in [1.82, 2.24) is 0 Å². The smallest absolute Gasteiger partial charge is 0.462 e. The molecule has 0 aromatic carbocycles. The van der Waals surface area contributed by atoms with Crippen LogP contribution in [0.25, 0.3) is 0 Å². The molecule has 3 N–H and O–H groups in total. The van der Waals surface area contributed by atoms with Crippen LogP contribution in [0, 0.1) is 0 Å². The lowest BCUT2D eigenvalue weighted by Gasteiger charge is -2.19. The summed E-state index contributed by atoms with van der Waals surface area (Å²) in [4.78, 5) is 35.5. The third-order valence-electron chi connectivity index (χ3n) is 19.7. The van der Waals surface area contributed by atoms with Crippen LogP contribution in [0.2, 0.25) is 0 Å². The van der Waals surface area contributed by atoms with E-state index in [-0.39, 0.29) is 32.1 Å². The summed E-state index contributed by atoms with van der Waals surface area (Å²) in [7, 11) is -4.39. The Morgan fingerprint density at radius 2 is 0.467 bits per heavy atom. The summed E-state index contributed by atoms with van der Waals surface area (Å²) in [6, 6.07) is 0. The zero-order chi connectivity index (χ0) is 66.5. The second-order valence-corrected chi connectivity index (χ2v) is 30.5.